The van der Waals surface area contributed by atoms with Gasteiger partial charge in [0.25, 0.3) is 5.91 Å². The van der Waals surface area contributed by atoms with Crippen molar-refractivity contribution in [2.45, 2.75) is 13.5 Å². The molecule has 0 saturated carbocycles. The third-order valence-electron chi connectivity index (χ3n) is 4.04. The normalized spacial score (nSPS) is 10.3. The Morgan fingerprint density at radius 2 is 1.59 bits per heavy atom. The first kappa shape index (κ1) is 19.2. The van der Waals surface area contributed by atoms with Crippen molar-refractivity contribution in [2.24, 2.45) is 0 Å². The molecule has 138 valence electrons. The Morgan fingerprint density at radius 3 is 2.26 bits per heavy atom. The number of nitrogens with one attached hydrogen (secondary N) is 1. The van der Waals surface area contributed by atoms with E-state index < -0.39 is 0 Å². The van der Waals surface area contributed by atoms with Gasteiger partial charge in [-0.25, -0.2) is 0 Å². The van der Waals surface area contributed by atoms with E-state index in [0.29, 0.717) is 30.2 Å². The molecule has 1 N–H and O–H groups in total. The molecule has 27 heavy (non-hydrogen) atoms. The first-order chi connectivity index (χ1) is 13.2. The van der Waals surface area contributed by atoms with Crippen LogP contribution in [0, 0.1) is 0 Å². The predicted molar refractivity (Wildman–Crippen MR) is 115 cm³/mol. The Kier molecular flexibility index (Phi) is 6.70. The van der Waals surface area contributed by atoms with E-state index in [9.17, 15) is 4.79 Å². The summed E-state index contributed by atoms with van der Waals surface area (Å²) in [6.07, 6.45) is 0. The summed E-state index contributed by atoms with van der Waals surface area (Å²) in [5, 5.41) is 2.78. The number of ether oxygens (including phenoxy) is 1. The topological polar surface area (TPSA) is 47.6 Å². The fourth-order valence-electron chi connectivity index (χ4n) is 2.68. The molecule has 1 amide bonds. The minimum Gasteiger partial charge on any atom is -0.489 e. The first-order valence-electron chi connectivity index (χ1n) is 8.68. The highest BCUT2D eigenvalue weighted by atomic mass is 127. The molecule has 4 nitrogen and oxygen atoms in total. The molecule has 0 unspecified atom stereocenters. The summed E-state index contributed by atoms with van der Waals surface area (Å²) in [5.41, 5.74) is 3.91. The van der Waals surface area contributed by atoms with Gasteiger partial charge in [-0.15, -0.1) is 0 Å². The maximum absolute atomic E-state index is 12.1. The minimum absolute atomic E-state index is 0.148. The second kappa shape index (κ2) is 9.41. The predicted octanol–water partition coefficient (Wildman–Crippen LogP) is 5.41. The molecule has 0 bridgehead atoms. The highest BCUT2D eigenvalue weighted by Crippen LogP contribution is 2.26. The van der Waals surface area contributed by atoms with Crippen molar-refractivity contribution in [1.29, 1.82) is 0 Å². The van der Waals surface area contributed by atoms with Crippen LogP contribution in [0.3, 0.4) is 0 Å². The summed E-state index contributed by atoms with van der Waals surface area (Å²) in [7, 11) is 0. The lowest BCUT2D eigenvalue weighted by Crippen LogP contribution is -2.22. The van der Waals surface area contributed by atoms with Crippen LogP contribution in [0.25, 0.3) is 11.1 Å². The Balaban J connectivity index is 1.70. The molecule has 0 atom stereocenters. The standard InChI is InChI=1S/C22H20INO3/c1-2-24-22(25)19-12-20(14-21(13-19)27-23)26-15-16-8-10-18(11-9-16)17-6-4-3-5-7-17/h3-14H,2,15H2,1H3,(H,24,25). The van der Waals surface area contributed by atoms with Gasteiger partial charge in [0, 0.05) is 18.2 Å². The van der Waals surface area contributed by atoms with Gasteiger partial charge in [0.15, 0.2) is 23.0 Å². The van der Waals surface area contributed by atoms with Crippen molar-refractivity contribution in [2.75, 3.05) is 6.54 Å². The molecule has 3 rings (SSSR count). The maximum atomic E-state index is 12.1. The quantitative estimate of drug-likeness (QED) is 0.467. The van der Waals surface area contributed by atoms with E-state index in [1.165, 1.54) is 5.56 Å². The maximum Gasteiger partial charge on any atom is 0.251 e. The molecule has 0 saturated heterocycles. The fraction of sp³-hybridized carbons (Fsp3) is 0.136. The minimum atomic E-state index is -0.148. The van der Waals surface area contributed by atoms with Crippen molar-refractivity contribution in [3.05, 3.63) is 83.9 Å². The third-order valence-corrected chi connectivity index (χ3v) is 4.54. The smallest absolute Gasteiger partial charge is 0.251 e. The summed E-state index contributed by atoms with van der Waals surface area (Å²) >= 11 is 1.79. The lowest BCUT2D eigenvalue weighted by molar-refractivity contribution is 0.0955. The van der Waals surface area contributed by atoms with Gasteiger partial charge in [-0.05, 0) is 35.7 Å². The summed E-state index contributed by atoms with van der Waals surface area (Å²) in [6.45, 7) is 2.86. The zero-order valence-electron chi connectivity index (χ0n) is 14.9. The van der Waals surface area contributed by atoms with Gasteiger partial charge in [-0.1, -0.05) is 54.6 Å². The highest BCUT2D eigenvalue weighted by molar-refractivity contribution is 14.1. The van der Waals surface area contributed by atoms with Crippen LogP contribution in [-0.4, -0.2) is 12.5 Å². The fourth-order valence-corrected chi connectivity index (χ4v) is 2.94. The molecular weight excluding hydrogens is 453 g/mol. The van der Waals surface area contributed by atoms with Crippen molar-refractivity contribution in [3.63, 3.8) is 0 Å². The van der Waals surface area contributed by atoms with E-state index in [0.717, 1.165) is 11.1 Å². The van der Waals surface area contributed by atoms with Gasteiger partial charge in [-0.3, -0.25) is 4.79 Å². The number of halogens is 1. The number of hydrogen-bond acceptors (Lipinski definition) is 3. The molecule has 0 heterocycles. The summed E-state index contributed by atoms with van der Waals surface area (Å²) in [5.74, 6) is 1.02. The van der Waals surface area contributed by atoms with E-state index >= 15 is 0 Å². The van der Waals surface area contributed by atoms with Crippen LogP contribution < -0.4 is 13.1 Å². The molecule has 5 heteroatoms. The molecule has 0 spiro atoms. The molecular formula is C22H20INO3. The SMILES string of the molecule is CCNC(=O)c1cc(OI)cc(OCc2ccc(-c3ccccc3)cc2)c1. The van der Waals surface area contributed by atoms with Crippen LogP contribution >= 0.6 is 23.0 Å². The number of carbonyl (C=O) groups is 1. The van der Waals surface area contributed by atoms with Gasteiger partial charge in [-0.2, -0.15) is 0 Å². The van der Waals surface area contributed by atoms with Crippen molar-refractivity contribution in [1.82, 2.24) is 5.32 Å². The first-order valence-corrected chi connectivity index (χ1v) is 9.56. The van der Waals surface area contributed by atoms with E-state index in [4.69, 9.17) is 7.80 Å². The van der Waals surface area contributed by atoms with E-state index in [1.807, 2.05) is 37.3 Å². The van der Waals surface area contributed by atoms with E-state index in [2.05, 4.69) is 29.6 Å². The summed E-state index contributed by atoms with van der Waals surface area (Å²) in [6, 6.07) is 23.7. The number of benzene rings is 3. The molecule has 3 aromatic carbocycles. The van der Waals surface area contributed by atoms with Crippen LogP contribution in [0.5, 0.6) is 11.5 Å². The second-order valence-electron chi connectivity index (χ2n) is 5.98. The average Bonchev–Trinajstić information content (AvgIpc) is 2.73. The largest absolute Gasteiger partial charge is 0.489 e. The second-order valence-corrected chi connectivity index (χ2v) is 6.42. The summed E-state index contributed by atoms with van der Waals surface area (Å²) < 4.78 is 11.1. The van der Waals surface area contributed by atoms with Crippen LogP contribution in [-0.2, 0) is 6.61 Å². The number of hydrogen-bond donors (Lipinski definition) is 1. The molecule has 3 aromatic rings. The molecule has 0 fully saturated rings. The third kappa shape index (κ3) is 5.23. The molecule has 0 aliphatic rings. The van der Waals surface area contributed by atoms with E-state index in [1.54, 1.807) is 41.2 Å². The monoisotopic (exact) mass is 473 g/mol. The molecule has 0 aromatic heterocycles. The Labute approximate surface area is 173 Å². The van der Waals surface area contributed by atoms with E-state index in [-0.39, 0.29) is 5.91 Å². The zero-order valence-corrected chi connectivity index (χ0v) is 17.1. The Bertz CT molecular complexity index is 895. The van der Waals surface area contributed by atoms with Gasteiger partial charge < -0.3 is 13.1 Å². The van der Waals surface area contributed by atoms with Gasteiger partial charge >= 0.3 is 0 Å². The number of carbonyl (C=O) groups excluding carboxylic acids is 1. The van der Waals surface area contributed by atoms with Crippen LogP contribution in [0.15, 0.2) is 72.8 Å². The van der Waals surface area contributed by atoms with Crippen molar-refractivity contribution in [3.8, 4) is 22.6 Å². The number of rotatable bonds is 7. The Morgan fingerprint density at radius 1 is 0.926 bits per heavy atom. The Hall–Kier alpha value is -2.54. The number of amides is 1. The lowest BCUT2D eigenvalue weighted by atomic mass is 10.0. The lowest BCUT2D eigenvalue weighted by Gasteiger charge is -2.11. The molecule has 0 radical (unpaired) electrons. The zero-order chi connectivity index (χ0) is 19.1. The van der Waals surface area contributed by atoms with Crippen LogP contribution in [0.1, 0.15) is 22.8 Å². The van der Waals surface area contributed by atoms with Gasteiger partial charge in [0.05, 0.1) is 0 Å². The highest BCUT2D eigenvalue weighted by Gasteiger charge is 2.10. The molecule has 0 aliphatic carbocycles. The van der Waals surface area contributed by atoms with Gasteiger partial charge in [0.1, 0.15) is 18.1 Å². The van der Waals surface area contributed by atoms with Crippen molar-refractivity contribution < 1.29 is 12.6 Å². The van der Waals surface area contributed by atoms with Crippen LogP contribution in [0.4, 0.5) is 0 Å². The summed E-state index contributed by atoms with van der Waals surface area (Å²) in [4.78, 5) is 12.1. The molecule has 0 aliphatic heterocycles. The van der Waals surface area contributed by atoms with Crippen molar-refractivity contribution >= 4 is 28.9 Å². The van der Waals surface area contributed by atoms with Gasteiger partial charge in [0.2, 0.25) is 0 Å². The average molecular weight is 473 g/mol. The van der Waals surface area contributed by atoms with Crippen LogP contribution in [0.2, 0.25) is 0 Å².